The van der Waals surface area contributed by atoms with Gasteiger partial charge in [-0.3, -0.25) is 0 Å². The number of benzene rings is 1. The van der Waals surface area contributed by atoms with Crippen LogP contribution in [0.4, 0.5) is 0 Å². The first kappa shape index (κ1) is 17.0. The van der Waals surface area contributed by atoms with Gasteiger partial charge in [0.15, 0.2) is 0 Å². The Morgan fingerprint density at radius 2 is 1.65 bits per heavy atom. The molecule has 0 aromatic heterocycles. The van der Waals surface area contributed by atoms with Crippen LogP contribution in [-0.4, -0.2) is 13.7 Å². The van der Waals surface area contributed by atoms with Gasteiger partial charge in [-0.25, -0.2) is 0 Å². The summed E-state index contributed by atoms with van der Waals surface area (Å²) in [5.74, 6) is 1.02. The van der Waals surface area contributed by atoms with Gasteiger partial charge < -0.3 is 10.1 Å². The topological polar surface area (TPSA) is 21.3 Å². The molecule has 0 saturated heterocycles. The summed E-state index contributed by atoms with van der Waals surface area (Å²) in [5.41, 5.74) is 2.51. The summed E-state index contributed by atoms with van der Waals surface area (Å²) in [5, 5.41) is 3.65. The van der Waals surface area contributed by atoms with Crippen molar-refractivity contribution in [3.63, 3.8) is 0 Å². The van der Waals surface area contributed by atoms with Gasteiger partial charge in [0.25, 0.3) is 0 Å². The first-order valence-corrected chi connectivity index (χ1v) is 7.67. The van der Waals surface area contributed by atoms with E-state index in [4.69, 9.17) is 4.74 Å². The summed E-state index contributed by atoms with van der Waals surface area (Å²) in [4.78, 5) is 0. The first-order valence-electron chi connectivity index (χ1n) is 7.67. The molecule has 1 rings (SSSR count). The van der Waals surface area contributed by atoms with E-state index in [1.54, 1.807) is 7.11 Å². The van der Waals surface area contributed by atoms with E-state index in [0.29, 0.717) is 0 Å². The zero-order chi connectivity index (χ0) is 15.4. The second-order valence-electron chi connectivity index (χ2n) is 7.04. The minimum atomic E-state index is -0.0816. The zero-order valence-electron chi connectivity index (χ0n) is 14.3. The van der Waals surface area contributed by atoms with Gasteiger partial charge in [-0.05, 0) is 37.8 Å². The minimum absolute atomic E-state index is 0.0816. The van der Waals surface area contributed by atoms with E-state index in [0.717, 1.165) is 12.3 Å². The third-order valence-corrected chi connectivity index (χ3v) is 3.80. The fourth-order valence-electron chi connectivity index (χ4n) is 2.51. The minimum Gasteiger partial charge on any atom is -0.496 e. The van der Waals surface area contributed by atoms with Crippen LogP contribution in [0.2, 0.25) is 0 Å². The lowest BCUT2D eigenvalue weighted by molar-refractivity contribution is 0.349. The van der Waals surface area contributed by atoms with E-state index in [9.17, 15) is 0 Å². The molecule has 0 aliphatic heterocycles. The predicted octanol–water partition coefficient (Wildman–Crippen LogP) is 4.62. The Morgan fingerprint density at radius 1 is 1.05 bits per heavy atom. The molecule has 0 fully saturated rings. The van der Waals surface area contributed by atoms with Crippen LogP contribution in [-0.2, 0) is 11.0 Å². The number of unbranched alkanes of at least 4 members (excludes halogenated alkanes) is 1. The number of nitrogens with one attached hydrogen (secondary N) is 1. The molecule has 2 nitrogen and oxygen atoms in total. The molecule has 0 atom stereocenters. The number of rotatable bonds is 6. The second-order valence-corrected chi connectivity index (χ2v) is 7.04. The summed E-state index contributed by atoms with van der Waals surface area (Å²) in [6.07, 6.45) is 2.41. The number of hydrogen-bond acceptors (Lipinski definition) is 2. The molecule has 0 radical (unpaired) electrons. The van der Waals surface area contributed by atoms with Crippen molar-refractivity contribution >= 4 is 0 Å². The lowest BCUT2D eigenvalue weighted by atomic mass is 9.82. The van der Waals surface area contributed by atoms with E-state index in [2.05, 4.69) is 65.1 Å². The Bertz CT molecular complexity index is 430. The molecular weight excluding hydrogens is 246 g/mol. The quantitative estimate of drug-likeness (QED) is 0.766. The molecule has 1 aromatic rings. The van der Waals surface area contributed by atoms with Gasteiger partial charge in [0, 0.05) is 11.1 Å². The Balaban J connectivity index is 3.17. The molecule has 0 heterocycles. The van der Waals surface area contributed by atoms with E-state index >= 15 is 0 Å². The average molecular weight is 277 g/mol. The Morgan fingerprint density at radius 3 is 2.15 bits per heavy atom. The van der Waals surface area contributed by atoms with Gasteiger partial charge >= 0.3 is 0 Å². The summed E-state index contributed by atoms with van der Waals surface area (Å²) in [6.45, 7) is 14.4. The molecule has 0 spiro atoms. The van der Waals surface area contributed by atoms with Crippen molar-refractivity contribution in [2.45, 2.75) is 65.3 Å². The largest absolute Gasteiger partial charge is 0.496 e. The fraction of sp³-hybridized carbons (Fsp3) is 0.667. The highest BCUT2D eigenvalue weighted by atomic mass is 16.5. The first-order chi connectivity index (χ1) is 9.24. The average Bonchev–Trinajstić information content (AvgIpc) is 2.36. The third-order valence-electron chi connectivity index (χ3n) is 3.80. The smallest absolute Gasteiger partial charge is 0.127 e. The molecule has 20 heavy (non-hydrogen) atoms. The maximum atomic E-state index is 5.76. The van der Waals surface area contributed by atoms with Gasteiger partial charge in [-0.1, -0.05) is 52.3 Å². The third kappa shape index (κ3) is 3.99. The lowest BCUT2D eigenvalue weighted by Gasteiger charge is -2.32. The molecule has 0 aliphatic carbocycles. The van der Waals surface area contributed by atoms with E-state index in [1.807, 2.05) is 0 Å². The molecule has 0 amide bonds. The maximum Gasteiger partial charge on any atom is 0.127 e. The summed E-state index contributed by atoms with van der Waals surface area (Å²) >= 11 is 0. The van der Waals surface area contributed by atoms with Gasteiger partial charge in [0.1, 0.15) is 5.75 Å². The Hall–Kier alpha value is -1.02. The van der Waals surface area contributed by atoms with E-state index in [-0.39, 0.29) is 11.0 Å². The zero-order valence-corrected chi connectivity index (χ0v) is 14.3. The lowest BCUT2D eigenvalue weighted by Crippen LogP contribution is -2.37. The van der Waals surface area contributed by atoms with Crippen LogP contribution < -0.4 is 10.1 Å². The number of ether oxygens (including phenoxy) is 1. The van der Waals surface area contributed by atoms with Crippen molar-refractivity contribution in [2.75, 3.05) is 13.7 Å². The number of hydrogen-bond donors (Lipinski definition) is 1. The monoisotopic (exact) mass is 277 g/mol. The van der Waals surface area contributed by atoms with Crippen molar-refractivity contribution in [3.8, 4) is 5.75 Å². The van der Waals surface area contributed by atoms with Crippen LogP contribution in [0, 0.1) is 0 Å². The molecular formula is C18H31NO. The van der Waals surface area contributed by atoms with Crippen LogP contribution in [0.1, 0.15) is 65.5 Å². The van der Waals surface area contributed by atoms with Gasteiger partial charge in [-0.15, -0.1) is 0 Å². The fourth-order valence-corrected chi connectivity index (χ4v) is 2.51. The highest BCUT2D eigenvalue weighted by Crippen LogP contribution is 2.38. The molecule has 114 valence electrons. The highest BCUT2D eigenvalue weighted by molar-refractivity contribution is 5.48. The van der Waals surface area contributed by atoms with Crippen LogP contribution in [0.3, 0.4) is 0 Å². The predicted molar refractivity (Wildman–Crippen MR) is 87.6 cm³/mol. The normalized spacial score (nSPS) is 12.6. The van der Waals surface area contributed by atoms with Gasteiger partial charge in [0.05, 0.1) is 7.11 Å². The van der Waals surface area contributed by atoms with Crippen LogP contribution in [0.15, 0.2) is 18.2 Å². The highest BCUT2D eigenvalue weighted by Gasteiger charge is 2.28. The number of methoxy groups -OCH3 is 1. The van der Waals surface area contributed by atoms with E-state index < -0.39 is 0 Å². The molecule has 0 aliphatic rings. The Kier molecular flexibility index (Phi) is 5.64. The molecule has 0 saturated carbocycles. The SMILES string of the molecule is CCCCNC(C)(C)c1cccc(C(C)(C)C)c1OC. The molecule has 2 heteroatoms. The van der Waals surface area contributed by atoms with Crippen LogP contribution >= 0.6 is 0 Å². The van der Waals surface area contributed by atoms with Crippen molar-refractivity contribution in [1.29, 1.82) is 0 Å². The summed E-state index contributed by atoms with van der Waals surface area (Å²) in [6, 6.07) is 6.49. The maximum absolute atomic E-state index is 5.76. The molecule has 0 unspecified atom stereocenters. The Labute approximate surface area is 124 Å². The van der Waals surface area contributed by atoms with Crippen molar-refractivity contribution < 1.29 is 4.74 Å². The second kappa shape index (κ2) is 6.62. The van der Waals surface area contributed by atoms with Crippen LogP contribution in [0.5, 0.6) is 5.75 Å². The van der Waals surface area contributed by atoms with Crippen molar-refractivity contribution in [3.05, 3.63) is 29.3 Å². The van der Waals surface area contributed by atoms with Gasteiger partial charge in [0.2, 0.25) is 0 Å². The molecule has 1 aromatic carbocycles. The van der Waals surface area contributed by atoms with Crippen molar-refractivity contribution in [1.82, 2.24) is 5.32 Å². The summed E-state index contributed by atoms with van der Waals surface area (Å²) in [7, 11) is 1.77. The van der Waals surface area contributed by atoms with Crippen molar-refractivity contribution in [2.24, 2.45) is 0 Å². The number of para-hydroxylation sites is 1. The van der Waals surface area contributed by atoms with Gasteiger partial charge in [-0.2, -0.15) is 0 Å². The molecule has 0 bridgehead atoms. The standard InChI is InChI=1S/C18H31NO/c1-8-9-13-19-18(5,6)15-12-10-11-14(16(15)20-7)17(2,3)4/h10-12,19H,8-9,13H2,1-7H3. The van der Waals surface area contributed by atoms with Crippen LogP contribution in [0.25, 0.3) is 0 Å². The molecule has 1 N–H and O–H groups in total. The summed E-state index contributed by atoms with van der Waals surface area (Å²) < 4.78 is 5.76. The van der Waals surface area contributed by atoms with E-state index in [1.165, 1.54) is 24.0 Å².